The number of nitrogens with one attached hydrogen (secondary N) is 1. The third-order valence-electron chi connectivity index (χ3n) is 8.08. The lowest BCUT2D eigenvalue weighted by atomic mass is 9.92. The zero-order valence-corrected chi connectivity index (χ0v) is 21.0. The topological polar surface area (TPSA) is 87.5 Å². The predicted octanol–water partition coefficient (Wildman–Crippen LogP) is 3.81. The standard InChI is InChI=1S/C29H31N5O3/c1-29-16-14-27(36)34(29)25-12-6-5-10-21(25)28(37)32(29)17-15-26(35)31-23-11-7-13-24-22(23)18-30-33(24)19-20-8-3-2-4-9-20/h2-6,8-10,12,18,23H,7,11,13-17,19H2,1H3,(H,31,35). The van der Waals surface area contributed by atoms with E-state index in [9.17, 15) is 14.4 Å². The first-order chi connectivity index (χ1) is 18.0. The Morgan fingerprint density at radius 1 is 1.08 bits per heavy atom. The van der Waals surface area contributed by atoms with Crippen LogP contribution < -0.4 is 10.2 Å². The van der Waals surface area contributed by atoms with Crippen molar-refractivity contribution in [3.05, 3.63) is 83.2 Å². The van der Waals surface area contributed by atoms with Gasteiger partial charge >= 0.3 is 0 Å². The van der Waals surface area contributed by atoms with Crippen LogP contribution in [-0.2, 0) is 22.6 Å². The van der Waals surface area contributed by atoms with Crippen LogP contribution in [0.5, 0.6) is 0 Å². The van der Waals surface area contributed by atoms with Gasteiger partial charge in [0.05, 0.1) is 30.0 Å². The second-order valence-electron chi connectivity index (χ2n) is 10.4. The third kappa shape index (κ3) is 4.00. The van der Waals surface area contributed by atoms with Crippen molar-refractivity contribution in [3.63, 3.8) is 0 Å². The molecule has 3 heterocycles. The molecule has 1 fully saturated rings. The molecule has 2 aromatic carbocycles. The number of aromatic nitrogens is 2. The molecule has 3 aliphatic rings. The van der Waals surface area contributed by atoms with Gasteiger partial charge in [-0.05, 0) is 50.3 Å². The molecule has 2 atom stereocenters. The highest BCUT2D eigenvalue weighted by Crippen LogP contribution is 2.44. The van der Waals surface area contributed by atoms with Gasteiger partial charge in [-0.1, -0.05) is 42.5 Å². The van der Waals surface area contributed by atoms with Gasteiger partial charge in [-0.2, -0.15) is 5.10 Å². The number of benzene rings is 2. The summed E-state index contributed by atoms with van der Waals surface area (Å²) in [4.78, 5) is 42.8. The fourth-order valence-electron chi connectivity index (χ4n) is 6.18. The van der Waals surface area contributed by atoms with Crippen molar-refractivity contribution >= 4 is 23.4 Å². The van der Waals surface area contributed by atoms with Gasteiger partial charge in [0, 0.05) is 30.6 Å². The van der Waals surface area contributed by atoms with Gasteiger partial charge in [-0.3, -0.25) is 24.0 Å². The molecule has 8 heteroatoms. The number of anilines is 1. The smallest absolute Gasteiger partial charge is 0.257 e. The van der Waals surface area contributed by atoms with E-state index in [0.717, 1.165) is 24.8 Å². The zero-order chi connectivity index (χ0) is 25.6. The van der Waals surface area contributed by atoms with Crippen molar-refractivity contribution < 1.29 is 14.4 Å². The Morgan fingerprint density at radius 3 is 2.70 bits per heavy atom. The van der Waals surface area contributed by atoms with E-state index in [-0.39, 0.29) is 36.7 Å². The number of hydrogen-bond acceptors (Lipinski definition) is 4. The lowest BCUT2D eigenvalue weighted by molar-refractivity contribution is -0.122. The van der Waals surface area contributed by atoms with E-state index >= 15 is 0 Å². The van der Waals surface area contributed by atoms with Crippen LogP contribution in [0.1, 0.15) is 72.2 Å². The first kappa shape index (κ1) is 23.5. The van der Waals surface area contributed by atoms with Crippen LogP contribution in [0.15, 0.2) is 60.8 Å². The summed E-state index contributed by atoms with van der Waals surface area (Å²) < 4.78 is 2.04. The van der Waals surface area contributed by atoms with Crippen molar-refractivity contribution in [2.75, 3.05) is 11.4 Å². The maximum Gasteiger partial charge on any atom is 0.257 e. The van der Waals surface area contributed by atoms with Crippen LogP contribution in [0.3, 0.4) is 0 Å². The largest absolute Gasteiger partial charge is 0.349 e. The summed E-state index contributed by atoms with van der Waals surface area (Å²) in [6.45, 7) is 2.90. The first-order valence-electron chi connectivity index (χ1n) is 13.1. The predicted molar refractivity (Wildman–Crippen MR) is 139 cm³/mol. The van der Waals surface area contributed by atoms with E-state index in [2.05, 4.69) is 22.5 Å². The van der Waals surface area contributed by atoms with Crippen LogP contribution in [0.4, 0.5) is 5.69 Å². The quantitative estimate of drug-likeness (QED) is 0.561. The molecule has 0 spiro atoms. The highest BCUT2D eigenvalue weighted by atomic mass is 16.2. The molecule has 2 aliphatic heterocycles. The van der Waals surface area contributed by atoms with Gasteiger partial charge in [0.2, 0.25) is 11.8 Å². The van der Waals surface area contributed by atoms with Crippen molar-refractivity contribution in [1.82, 2.24) is 20.0 Å². The molecule has 6 rings (SSSR count). The molecule has 1 aromatic heterocycles. The molecule has 190 valence electrons. The molecule has 3 aromatic rings. The van der Waals surface area contributed by atoms with Crippen LogP contribution in [0.2, 0.25) is 0 Å². The van der Waals surface area contributed by atoms with Crippen molar-refractivity contribution in [3.8, 4) is 0 Å². The van der Waals surface area contributed by atoms with E-state index in [0.29, 0.717) is 30.6 Å². The second-order valence-corrected chi connectivity index (χ2v) is 10.4. The molecule has 1 N–H and O–H groups in total. The van der Waals surface area contributed by atoms with Gasteiger partial charge in [0.1, 0.15) is 5.66 Å². The maximum absolute atomic E-state index is 13.4. The van der Waals surface area contributed by atoms with Crippen LogP contribution in [0.25, 0.3) is 0 Å². The molecule has 0 bridgehead atoms. The van der Waals surface area contributed by atoms with Crippen LogP contribution in [-0.4, -0.2) is 44.6 Å². The van der Waals surface area contributed by atoms with Gasteiger partial charge < -0.3 is 10.2 Å². The lowest BCUT2D eigenvalue weighted by Gasteiger charge is -2.48. The Balaban J connectivity index is 1.15. The zero-order valence-electron chi connectivity index (χ0n) is 21.0. The van der Waals surface area contributed by atoms with E-state index in [1.807, 2.05) is 54.2 Å². The summed E-state index contributed by atoms with van der Waals surface area (Å²) >= 11 is 0. The lowest BCUT2D eigenvalue weighted by Crippen LogP contribution is -2.62. The third-order valence-corrected chi connectivity index (χ3v) is 8.08. The minimum absolute atomic E-state index is 0.0131. The SMILES string of the molecule is CC12CCC(=O)N1c1ccccc1C(=O)N2CCC(=O)NC1CCCc2c1cnn2Cc1ccccc1. The first-order valence-corrected chi connectivity index (χ1v) is 13.1. The molecule has 8 nitrogen and oxygen atoms in total. The summed E-state index contributed by atoms with van der Waals surface area (Å²) in [7, 11) is 0. The van der Waals surface area contributed by atoms with Crippen LogP contribution >= 0.6 is 0 Å². The number of nitrogens with zero attached hydrogens (tertiary/aromatic N) is 4. The normalized spacial score (nSPS) is 22.5. The Kier molecular flexibility index (Phi) is 5.82. The van der Waals surface area contributed by atoms with E-state index in [1.165, 1.54) is 11.3 Å². The molecule has 1 aliphatic carbocycles. The van der Waals surface area contributed by atoms with Crippen LogP contribution in [0, 0.1) is 0 Å². The minimum atomic E-state index is -0.751. The Labute approximate surface area is 216 Å². The number of carbonyl (C=O) groups is 3. The molecular weight excluding hydrogens is 466 g/mol. The monoisotopic (exact) mass is 497 g/mol. The van der Waals surface area contributed by atoms with Gasteiger partial charge in [-0.25, -0.2) is 0 Å². The fourth-order valence-corrected chi connectivity index (χ4v) is 6.18. The summed E-state index contributed by atoms with van der Waals surface area (Å²) in [6.07, 6.45) is 5.80. The molecule has 0 radical (unpaired) electrons. The molecule has 0 saturated carbocycles. The van der Waals surface area contributed by atoms with Gasteiger partial charge in [0.15, 0.2) is 0 Å². The maximum atomic E-state index is 13.4. The summed E-state index contributed by atoms with van der Waals surface area (Å²) in [6, 6.07) is 17.4. The highest BCUT2D eigenvalue weighted by Gasteiger charge is 2.52. The molecule has 1 saturated heterocycles. The molecule has 2 unspecified atom stereocenters. The van der Waals surface area contributed by atoms with Crippen molar-refractivity contribution in [1.29, 1.82) is 0 Å². The minimum Gasteiger partial charge on any atom is -0.349 e. The van der Waals surface area contributed by atoms with Crippen molar-refractivity contribution in [2.45, 2.75) is 63.7 Å². The van der Waals surface area contributed by atoms with E-state index < -0.39 is 5.66 Å². The Hall–Kier alpha value is -3.94. The highest BCUT2D eigenvalue weighted by molar-refractivity contribution is 6.10. The number of carbonyl (C=O) groups excluding carboxylic acids is 3. The number of fused-ring (bicyclic) bond motifs is 4. The summed E-state index contributed by atoms with van der Waals surface area (Å²) in [5, 5.41) is 7.82. The Morgan fingerprint density at radius 2 is 1.86 bits per heavy atom. The summed E-state index contributed by atoms with van der Waals surface area (Å²) in [5.74, 6) is -0.210. The number of hydrogen-bond donors (Lipinski definition) is 1. The molecule has 3 amide bonds. The fraction of sp³-hybridized carbons (Fsp3) is 0.379. The van der Waals surface area contributed by atoms with E-state index in [1.54, 1.807) is 15.9 Å². The van der Waals surface area contributed by atoms with Gasteiger partial charge in [-0.15, -0.1) is 0 Å². The van der Waals surface area contributed by atoms with Gasteiger partial charge in [0.25, 0.3) is 5.91 Å². The summed E-state index contributed by atoms with van der Waals surface area (Å²) in [5.41, 5.74) is 3.88. The molecular formula is C29H31N5O3. The average Bonchev–Trinajstić information content (AvgIpc) is 3.45. The molecule has 37 heavy (non-hydrogen) atoms. The number of rotatable bonds is 6. The number of amides is 3. The number of para-hydroxylation sites is 1. The Bertz CT molecular complexity index is 1370. The second kappa shape index (κ2) is 9.18. The van der Waals surface area contributed by atoms with Crippen molar-refractivity contribution in [2.24, 2.45) is 0 Å². The average molecular weight is 498 g/mol. The van der Waals surface area contributed by atoms with E-state index in [4.69, 9.17) is 0 Å².